The lowest BCUT2D eigenvalue weighted by molar-refractivity contribution is -0.134. The molecule has 2 N–H and O–H groups in total. The largest absolute Gasteiger partial charge is 0.388 e. The summed E-state index contributed by atoms with van der Waals surface area (Å²) in [5, 5.41) is 11.9. The highest BCUT2D eigenvalue weighted by molar-refractivity contribution is 6.09. The van der Waals surface area contributed by atoms with Crippen molar-refractivity contribution in [1.82, 2.24) is 19.6 Å². The molecule has 4 heterocycles. The van der Waals surface area contributed by atoms with Crippen molar-refractivity contribution in [2.45, 2.75) is 39.3 Å². The number of hydrogen-bond donors (Lipinski definition) is 2. The van der Waals surface area contributed by atoms with Gasteiger partial charge in [-0.1, -0.05) is 32.4 Å². The summed E-state index contributed by atoms with van der Waals surface area (Å²) < 4.78 is 43.4. The van der Waals surface area contributed by atoms with Gasteiger partial charge in [0.2, 0.25) is 5.91 Å². The second-order valence-corrected chi connectivity index (χ2v) is 9.58. The molecule has 2 aliphatic heterocycles. The van der Waals surface area contributed by atoms with Crippen LogP contribution in [0.15, 0.2) is 60.6 Å². The molecular weight excluding hydrogens is 525 g/mol. The van der Waals surface area contributed by atoms with Gasteiger partial charge in [0.05, 0.1) is 17.8 Å². The summed E-state index contributed by atoms with van der Waals surface area (Å²) in [5.41, 5.74) is 0.634. The number of aromatic nitrogens is 2. The van der Waals surface area contributed by atoms with Crippen LogP contribution in [0.25, 0.3) is 5.65 Å². The van der Waals surface area contributed by atoms with Crippen molar-refractivity contribution in [3.63, 3.8) is 0 Å². The first-order valence-corrected chi connectivity index (χ1v) is 12.9. The summed E-state index contributed by atoms with van der Waals surface area (Å²) >= 11 is 0. The molecule has 5 rings (SSSR count). The van der Waals surface area contributed by atoms with Gasteiger partial charge in [-0.05, 0) is 18.6 Å². The molecule has 2 aliphatic rings. The lowest BCUT2D eigenvalue weighted by Gasteiger charge is -2.34. The highest BCUT2D eigenvalue weighted by Crippen LogP contribution is 2.30. The zero-order valence-corrected chi connectivity index (χ0v) is 22.0. The van der Waals surface area contributed by atoms with E-state index in [1.165, 1.54) is 12.6 Å². The minimum absolute atomic E-state index is 0.0757. The number of benzene rings is 1. The smallest absolute Gasteiger partial charge is 0.245 e. The van der Waals surface area contributed by atoms with E-state index in [2.05, 4.69) is 24.1 Å². The first kappa shape index (κ1) is 28.8. The zero-order chi connectivity index (χ0) is 29.0. The number of amides is 1. The summed E-state index contributed by atoms with van der Waals surface area (Å²) in [5.74, 6) is -5.85. The average molecular weight is 555 g/mol. The maximum atomic E-state index is 14.2. The van der Waals surface area contributed by atoms with E-state index < -0.39 is 53.1 Å². The topological polar surface area (TPSA) is 104 Å². The van der Waals surface area contributed by atoms with E-state index in [0.717, 1.165) is 0 Å². The van der Waals surface area contributed by atoms with Gasteiger partial charge in [0, 0.05) is 54.3 Å². The van der Waals surface area contributed by atoms with Gasteiger partial charge in [0.25, 0.3) is 0 Å². The lowest BCUT2D eigenvalue weighted by atomic mass is 9.83. The van der Waals surface area contributed by atoms with Crippen LogP contribution in [0.5, 0.6) is 0 Å². The van der Waals surface area contributed by atoms with Gasteiger partial charge in [-0.2, -0.15) is 0 Å². The van der Waals surface area contributed by atoms with Crippen LogP contribution in [0.4, 0.5) is 13.2 Å². The Morgan fingerprint density at radius 1 is 1.15 bits per heavy atom. The third-order valence-corrected chi connectivity index (χ3v) is 6.46. The van der Waals surface area contributed by atoms with E-state index in [4.69, 9.17) is 5.11 Å². The van der Waals surface area contributed by atoms with Crippen LogP contribution < -0.4 is 5.32 Å². The molecule has 0 radical (unpaired) electrons. The number of pyridine rings is 1. The molecule has 1 amide bonds. The van der Waals surface area contributed by atoms with Gasteiger partial charge in [-0.25, -0.2) is 18.2 Å². The lowest BCUT2D eigenvalue weighted by Crippen LogP contribution is -2.49. The van der Waals surface area contributed by atoms with Gasteiger partial charge in [-0.15, -0.1) is 0 Å². The fraction of sp³-hybridized carbons (Fsp3) is 0.310. The molecule has 2 aromatic heterocycles. The van der Waals surface area contributed by atoms with Crippen LogP contribution >= 0.6 is 0 Å². The second-order valence-electron chi connectivity index (χ2n) is 9.58. The minimum Gasteiger partial charge on any atom is -0.388 e. The molecule has 1 aromatic carbocycles. The monoisotopic (exact) mass is 554 g/mol. The number of aliphatic hydroxyl groups is 1. The predicted molar refractivity (Wildman–Crippen MR) is 141 cm³/mol. The molecule has 2 bridgehead atoms. The van der Waals surface area contributed by atoms with Crippen LogP contribution in [-0.4, -0.2) is 56.1 Å². The minimum atomic E-state index is -1.29. The van der Waals surface area contributed by atoms with E-state index in [0.29, 0.717) is 29.0 Å². The van der Waals surface area contributed by atoms with E-state index in [-0.39, 0.29) is 31.0 Å². The first-order valence-electron chi connectivity index (χ1n) is 12.9. The number of carbonyl (C=O) groups excluding carboxylic acids is 3. The molecule has 210 valence electrons. The number of imidazole rings is 1. The van der Waals surface area contributed by atoms with E-state index in [1.807, 2.05) is 0 Å². The molecule has 8 nitrogen and oxygen atoms in total. The van der Waals surface area contributed by atoms with Crippen molar-refractivity contribution in [3.05, 3.63) is 94.9 Å². The third-order valence-electron chi connectivity index (χ3n) is 6.46. The average Bonchev–Trinajstić information content (AvgIpc) is 3.32. The van der Waals surface area contributed by atoms with Crippen molar-refractivity contribution in [2.75, 3.05) is 13.2 Å². The Hall–Kier alpha value is -4.25. The first-order chi connectivity index (χ1) is 19.2. The van der Waals surface area contributed by atoms with Gasteiger partial charge < -0.3 is 19.7 Å². The van der Waals surface area contributed by atoms with Crippen LogP contribution in [-0.2, 0) is 11.3 Å². The van der Waals surface area contributed by atoms with Crippen LogP contribution in [0.1, 0.15) is 53.1 Å². The van der Waals surface area contributed by atoms with Gasteiger partial charge in [0.1, 0.15) is 35.7 Å². The van der Waals surface area contributed by atoms with Crippen molar-refractivity contribution >= 4 is 23.1 Å². The number of fused-ring (bicyclic) bond motifs is 3. The van der Waals surface area contributed by atoms with Crippen LogP contribution in [0.3, 0.4) is 0 Å². The number of rotatable bonds is 6. The SMILES string of the molecule is CCC.O=C(CO)c1ccn2cc(CN3C/C=C\C4CC(NC=C4C(=O)c4c(F)cc(F)cc4F)C3=O)nc2c1. The molecule has 40 heavy (non-hydrogen) atoms. The predicted octanol–water partition coefficient (Wildman–Crippen LogP) is 3.99. The van der Waals surface area contributed by atoms with Crippen molar-refractivity contribution in [3.8, 4) is 0 Å². The van der Waals surface area contributed by atoms with Crippen LogP contribution in [0, 0.1) is 23.4 Å². The Morgan fingerprint density at radius 3 is 2.52 bits per heavy atom. The number of ketones is 2. The quantitative estimate of drug-likeness (QED) is 0.353. The van der Waals surface area contributed by atoms with E-state index in [1.54, 1.807) is 46.0 Å². The van der Waals surface area contributed by atoms with E-state index in [9.17, 15) is 27.6 Å². The molecule has 0 fully saturated rings. The van der Waals surface area contributed by atoms with Gasteiger partial charge in [0.15, 0.2) is 11.6 Å². The summed E-state index contributed by atoms with van der Waals surface area (Å²) in [6.07, 6.45) is 9.53. The standard InChI is InChI=1S/C26H21F3N4O4.C3H8/c27-16-8-19(28)24(20(29)9-16)25(36)18-10-30-21-6-14(18)2-1-4-33(26(21)37)12-17-11-32-5-3-15(22(35)13-34)7-23(32)31-17;1-3-2/h1-3,5,7-11,14,21,30,34H,4,6,12-13H2;3H2,1-2H3/b2-1-;. The normalized spacial score (nSPS) is 19.1. The number of aliphatic hydroxyl groups excluding tert-OH is 1. The Kier molecular flexibility index (Phi) is 8.83. The summed E-state index contributed by atoms with van der Waals surface area (Å²) in [4.78, 5) is 44.0. The molecule has 0 saturated carbocycles. The fourth-order valence-corrected chi connectivity index (χ4v) is 4.61. The van der Waals surface area contributed by atoms with Gasteiger partial charge in [-0.3, -0.25) is 14.4 Å². The number of nitrogens with zero attached hydrogens (tertiary/aromatic N) is 3. The maximum absolute atomic E-state index is 14.2. The Labute approximate surface area is 228 Å². The second kappa shape index (κ2) is 12.3. The number of allylic oxidation sites excluding steroid dienone is 2. The summed E-state index contributed by atoms with van der Waals surface area (Å²) in [7, 11) is 0. The van der Waals surface area contributed by atoms with Gasteiger partial charge >= 0.3 is 0 Å². The summed E-state index contributed by atoms with van der Waals surface area (Å²) in [6, 6.07) is 3.36. The molecule has 2 unspecified atom stereocenters. The molecule has 2 atom stereocenters. The Morgan fingerprint density at radius 2 is 1.85 bits per heavy atom. The van der Waals surface area contributed by atoms with Crippen molar-refractivity contribution in [2.24, 2.45) is 5.92 Å². The highest BCUT2D eigenvalue weighted by atomic mass is 19.1. The molecule has 0 spiro atoms. The van der Waals surface area contributed by atoms with Crippen molar-refractivity contribution < 1.29 is 32.7 Å². The van der Waals surface area contributed by atoms with Crippen molar-refractivity contribution in [1.29, 1.82) is 0 Å². The Balaban J connectivity index is 0.00000118. The number of halogens is 3. The zero-order valence-electron chi connectivity index (χ0n) is 22.0. The van der Waals surface area contributed by atoms with Crippen LogP contribution in [0.2, 0.25) is 0 Å². The number of nitrogens with one attached hydrogen (secondary N) is 1. The highest BCUT2D eigenvalue weighted by Gasteiger charge is 2.35. The molecule has 3 aromatic rings. The molecule has 0 aliphatic carbocycles. The molecule has 11 heteroatoms. The molecule has 0 saturated heterocycles. The number of hydrogen-bond acceptors (Lipinski definition) is 6. The maximum Gasteiger partial charge on any atom is 0.245 e. The van der Waals surface area contributed by atoms with E-state index >= 15 is 0 Å². The fourth-order valence-electron chi connectivity index (χ4n) is 4.61. The molecular formula is C29H29F3N4O4. The number of Topliss-reactive ketones (excluding diaryl/α,β-unsaturated/α-hetero) is 2. The summed E-state index contributed by atoms with van der Waals surface area (Å²) in [6.45, 7) is 4.03. The Bertz CT molecular complexity index is 1490. The number of carbonyl (C=O) groups is 3. The third kappa shape index (κ3) is 5.99.